The van der Waals surface area contributed by atoms with E-state index in [1.54, 1.807) is 13.8 Å². The van der Waals surface area contributed by atoms with Crippen molar-refractivity contribution in [1.82, 2.24) is 9.97 Å². The summed E-state index contributed by atoms with van der Waals surface area (Å²) in [6, 6.07) is 0. The SMILES string of the molecule is CC(C)=NOCc1ncncc1C(=O)O. The van der Waals surface area contributed by atoms with Crippen LogP contribution in [0.1, 0.15) is 29.9 Å². The lowest BCUT2D eigenvalue weighted by Gasteiger charge is -2.02. The van der Waals surface area contributed by atoms with Crippen LogP contribution >= 0.6 is 0 Å². The molecule has 0 bridgehead atoms. The Morgan fingerprint density at radius 2 is 2.33 bits per heavy atom. The highest BCUT2D eigenvalue weighted by molar-refractivity contribution is 5.88. The number of carboxylic acids is 1. The van der Waals surface area contributed by atoms with Gasteiger partial charge in [0.05, 0.1) is 11.4 Å². The number of carboxylic acid groups (broad SMARTS) is 1. The van der Waals surface area contributed by atoms with Gasteiger partial charge in [0.1, 0.15) is 11.9 Å². The van der Waals surface area contributed by atoms with Crippen molar-refractivity contribution >= 4 is 11.7 Å². The number of nitrogens with zero attached hydrogens (tertiary/aromatic N) is 3. The second-order valence-corrected chi connectivity index (χ2v) is 3.00. The minimum Gasteiger partial charge on any atom is -0.478 e. The Bertz CT molecular complexity index is 386. The lowest BCUT2D eigenvalue weighted by molar-refractivity contribution is 0.0686. The van der Waals surface area contributed by atoms with E-state index in [1.807, 2.05) is 0 Å². The maximum absolute atomic E-state index is 10.7. The van der Waals surface area contributed by atoms with Crippen molar-refractivity contribution in [1.29, 1.82) is 0 Å². The van der Waals surface area contributed by atoms with E-state index in [0.717, 1.165) is 5.71 Å². The lowest BCUT2D eigenvalue weighted by Crippen LogP contribution is -2.06. The zero-order valence-electron chi connectivity index (χ0n) is 8.47. The zero-order valence-corrected chi connectivity index (χ0v) is 8.47. The van der Waals surface area contributed by atoms with Gasteiger partial charge in [-0.05, 0) is 13.8 Å². The molecule has 0 unspecified atom stereocenters. The first kappa shape index (κ1) is 11.1. The summed E-state index contributed by atoms with van der Waals surface area (Å²) in [6.07, 6.45) is 2.50. The van der Waals surface area contributed by atoms with E-state index in [4.69, 9.17) is 9.94 Å². The normalized spacial score (nSPS) is 9.47. The van der Waals surface area contributed by atoms with Crippen LogP contribution < -0.4 is 0 Å². The van der Waals surface area contributed by atoms with Crippen molar-refractivity contribution in [3.05, 3.63) is 23.8 Å². The van der Waals surface area contributed by atoms with Gasteiger partial charge in [0, 0.05) is 6.20 Å². The van der Waals surface area contributed by atoms with Crippen molar-refractivity contribution in [2.45, 2.75) is 20.5 Å². The van der Waals surface area contributed by atoms with Crippen LogP contribution in [-0.4, -0.2) is 26.8 Å². The van der Waals surface area contributed by atoms with Gasteiger partial charge in [0.2, 0.25) is 0 Å². The number of oxime groups is 1. The molecular weight excluding hydrogens is 198 g/mol. The van der Waals surface area contributed by atoms with E-state index in [2.05, 4.69) is 15.1 Å². The highest BCUT2D eigenvalue weighted by atomic mass is 16.6. The van der Waals surface area contributed by atoms with E-state index < -0.39 is 5.97 Å². The molecule has 0 amide bonds. The smallest absolute Gasteiger partial charge is 0.339 e. The first-order valence-electron chi connectivity index (χ1n) is 4.26. The van der Waals surface area contributed by atoms with E-state index in [1.165, 1.54) is 12.5 Å². The highest BCUT2D eigenvalue weighted by Crippen LogP contribution is 2.05. The molecule has 0 saturated carbocycles. The minimum atomic E-state index is -1.08. The number of hydrogen-bond donors (Lipinski definition) is 1. The molecule has 0 aliphatic rings. The van der Waals surface area contributed by atoms with Gasteiger partial charge in [0.15, 0.2) is 6.61 Å². The summed E-state index contributed by atoms with van der Waals surface area (Å²) in [5, 5.41) is 12.5. The second-order valence-electron chi connectivity index (χ2n) is 3.00. The van der Waals surface area contributed by atoms with Crippen molar-refractivity contribution in [3.8, 4) is 0 Å². The fraction of sp³-hybridized carbons (Fsp3) is 0.333. The largest absolute Gasteiger partial charge is 0.478 e. The average Bonchev–Trinajstić information content (AvgIpc) is 2.17. The first-order valence-corrected chi connectivity index (χ1v) is 4.26. The maximum Gasteiger partial charge on any atom is 0.339 e. The molecular formula is C9H11N3O3. The van der Waals surface area contributed by atoms with Crippen LogP contribution in [0.3, 0.4) is 0 Å². The van der Waals surface area contributed by atoms with Gasteiger partial charge in [-0.3, -0.25) is 0 Å². The van der Waals surface area contributed by atoms with Gasteiger partial charge in [-0.1, -0.05) is 5.16 Å². The Labute approximate surface area is 86.6 Å². The topological polar surface area (TPSA) is 84.7 Å². The van der Waals surface area contributed by atoms with Crippen LogP contribution in [0.5, 0.6) is 0 Å². The third-order valence-electron chi connectivity index (χ3n) is 1.47. The third kappa shape index (κ3) is 3.34. The zero-order chi connectivity index (χ0) is 11.3. The summed E-state index contributed by atoms with van der Waals surface area (Å²) in [6.45, 7) is 3.57. The molecule has 0 fully saturated rings. The molecule has 15 heavy (non-hydrogen) atoms. The number of aromatic carboxylic acids is 1. The van der Waals surface area contributed by atoms with E-state index in [9.17, 15) is 4.79 Å². The summed E-state index contributed by atoms with van der Waals surface area (Å²) in [7, 11) is 0. The highest BCUT2D eigenvalue weighted by Gasteiger charge is 2.11. The number of hydrogen-bond acceptors (Lipinski definition) is 5. The molecule has 1 rings (SSSR count). The average molecular weight is 209 g/mol. The van der Waals surface area contributed by atoms with Crippen LogP contribution in [0.15, 0.2) is 17.7 Å². The van der Waals surface area contributed by atoms with Crippen molar-refractivity contribution in [3.63, 3.8) is 0 Å². The summed E-state index contributed by atoms with van der Waals surface area (Å²) >= 11 is 0. The number of carbonyl (C=O) groups is 1. The summed E-state index contributed by atoms with van der Waals surface area (Å²) < 4.78 is 0. The standard InChI is InChI=1S/C9H11N3O3/c1-6(2)12-15-4-8-7(9(13)14)3-10-5-11-8/h3,5H,4H2,1-2H3,(H,13,14). The van der Waals surface area contributed by atoms with Crippen molar-refractivity contribution in [2.24, 2.45) is 5.16 Å². The molecule has 1 aromatic rings. The molecule has 6 heteroatoms. The molecule has 0 atom stereocenters. The Morgan fingerprint density at radius 3 is 2.93 bits per heavy atom. The number of aromatic nitrogens is 2. The predicted octanol–water partition coefficient (Wildman–Crippen LogP) is 1.09. The van der Waals surface area contributed by atoms with Crippen LogP contribution in [-0.2, 0) is 11.4 Å². The monoisotopic (exact) mass is 209 g/mol. The van der Waals surface area contributed by atoms with Gasteiger partial charge in [-0.25, -0.2) is 14.8 Å². The maximum atomic E-state index is 10.7. The first-order chi connectivity index (χ1) is 7.11. The Balaban J connectivity index is 2.76. The van der Waals surface area contributed by atoms with Crippen LogP contribution in [0.2, 0.25) is 0 Å². The predicted molar refractivity (Wildman–Crippen MR) is 52.6 cm³/mol. The Kier molecular flexibility index (Phi) is 3.73. The molecule has 1 heterocycles. The fourth-order valence-electron chi connectivity index (χ4n) is 0.871. The van der Waals surface area contributed by atoms with Crippen molar-refractivity contribution < 1.29 is 14.7 Å². The van der Waals surface area contributed by atoms with Crippen LogP contribution in [0.4, 0.5) is 0 Å². The quantitative estimate of drug-likeness (QED) is 0.592. The van der Waals surface area contributed by atoms with Gasteiger partial charge in [0.25, 0.3) is 0 Å². The fourth-order valence-corrected chi connectivity index (χ4v) is 0.871. The van der Waals surface area contributed by atoms with Gasteiger partial charge in [-0.2, -0.15) is 0 Å². The molecule has 6 nitrogen and oxygen atoms in total. The van der Waals surface area contributed by atoms with E-state index >= 15 is 0 Å². The van der Waals surface area contributed by atoms with E-state index in [-0.39, 0.29) is 12.2 Å². The van der Waals surface area contributed by atoms with Gasteiger partial charge in [-0.15, -0.1) is 0 Å². The molecule has 0 aromatic carbocycles. The van der Waals surface area contributed by atoms with Crippen LogP contribution in [0, 0.1) is 0 Å². The van der Waals surface area contributed by atoms with Crippen molar-refractivity contribution in [2.75, 3.05) is 0 Å². The molecule has 80 valence electrons. The van der Waals surface area contributed by atoms with E-state index in [0.29, 0.717) is 5.69 Å². The third-order valence-corrected chi connectivity index (χ3v) is 1.47. The molecule has 1 aromatic heterocycles. The lowest BCUT2D eigenvalue weighted by atomic mass is 10.2. The summed E-state index contributed by atoms with van der Waals surface area (Å²) in [4.78, 5) is 23.1. The number of rotatable bonds is 4. The molecule has 0 aliphatic carbocycles. The second kappa shape index (κ2) is 5.04. The minimum absolute atomic E-state index is 0.0231. The van der Waals surface area contributed by atoms with Crippen LogP contribution in [0.25, 0.3) is 0 Å². The molecule has 0 aliphatic heterocycles. The molecule has 0 saturated heterocycles. The Hall–Kier alpha value is -1.98. The summed E-state index contributed by atoms with van der Waals surface area (Å²) in [5.74, 6) is -1.08. The summed E-state index contributed by atoms with van der Waals surface area (Å²) in [5.41, 5.74) is 1.09. The molecule has 1 N–H and O–H groups in total. The van der Waals surface area contributed by atoms with Gasteiger partial charge >= 0.3 is 5.97 Å². The van der Waals surface area contributed by atoms with Gasteiger partial charge < -0.3 is 9.94 Å². The molecule has 0 spiro atoms. The molecule has 0 radical (unpaired) electrons. The Morgan fingerprint density at radius 1 is 1.60 bits per heavy atom.